The molecule has 0 radical (unpaired) electrons. The van der Waals surface area contributed by atoms with Crippen molar-refractivity contribution in [2.45, 2.75) is 43.6 Å². The Balaban J connectivity index is 1.50. The Labute approximate surface area is 190 Å². The van der Waals surface area contributed by atoms with Crippen LogP contribution in [0.2, 0.25) is 0 Å². The smallest absolute Gasteiger partial charge is 0.303 e. The molecule has 4 rings (SSSR count). The van der Waals surface area contributed by atoms with Gasteiger partial charge in [-0.05, 0) is 54.4 Å². The van der Waals surface area contributed by atoms with Crippen LogP contribution in [0.1, 0.15) is 53.9 Å². The van der Waals surface area contributed by atoms with Crippen molar-refractivity contribution in [1.29, 1.82) is 0 Å². The lowest BCUT2D eigenvalue weighted by Crippen LogP contribution is -2.12. The Hall–Kier alpha value is -1.34. The predicted octanol–water partition coefficient (Wildman–Crippen LogP) is 6.16. The van der Waals surface area contributed by atoms with E-state index in [0.29, 0.717) is 18.5 Å². The summed E-state index contributed by atoms with van der Waals surface area (Å²) in [6, 6.07) is 16.9. The van der Waals surface area contributed by atoms with E-state index < -0.39 is 5.97 Å². The second kappa shape index (κ2) is 9.86. The van der Waals surface area contributed by atoms with Gasteiger partial charge in [-0.1, -0.05) is 52.3 Å². The monoisotopic (exact) mass is 490 g/mol. The first-order valence-corrected chi connectivity index (χ1v) is 12.3. The lowest BCUT2D eigenvalue weighted by atomic mass is 10.0. The van der Waals surface area contributed by atoms with Gasteiger partial charge >= 0.3 is 5.97 Å². The number of carbonyl (C=O) groups is 1. The van der Waals surface area contributed by atoms with E-state index in [2.05, 4.69) is 58.4 Å². The van der Waals surface area contributed by atoms with Gasteiger partial charge in [-0.3, -0.25) is 4.79 Å². The van der Waals surface area contributed by atoms with Gasteiger partial charge in [0.1, 0.15) is 0 Å². The standard InChI is InChI=1S/C24H27BrO4S/c25-20-7-2-1-4-17(20)8-9-21(30-16-24(10-11-24)15-22(26)27)18-5-3-6-19(14-18)23-28-12-13-29-23/h1-7,14,21,23H,8-13,15-16H2,(H,26,27)/t21-/m1/s1. The Morgan fingerprint density at radius 1 is 1.17 bits per heavy atom. The number of carboxylic acid groups (broad SMARTS) is 1. The molecule has 1 atom stereocenters. The third-order valence-electron chi connectivity index (χ3n) is 5.88. The number of halogens is 1. The summed E-state index contributed by atoms with van der Waals surface area (Å²) in [7, 11) is 0. The fourth-order valence-electron chi connectivity index (χ4n) is 3.94. The van der Waals surface area contributed by atoms with Gasteiger partial charge in [0.2, 0.25) is 0 Å². The van der Waals surface area contributed by atoms with Gasteiger partial charge in [0.25, 0.3) is 0 Å². The summed E-state index contributed by atoms with van der Waals surface area (Å²) in [5.74, 6) is 0.205. The SMILES string of the molecule is O=C(O)CC1(CS[C@H](CCc2ccccc2Br)c2cccc(C3OCCO3)c2)CC1. The molecule has 1 N–H and O–H groups in total. The fourth-order valence-corrected chi connectivity index (χ4v) is 5.99. The molecule has 1 aliphatic carbocycles. The minimum absolute atomic E-state index is 0.0165. The summed E-state index contributed by atoms with van der Waals surface area (Å²) in [5.41, 5.74) is 3.60. The first-order chi connectivity index (χ1) is 14.5. The van der Waals surface area contributed by atoms with Gasteiger partial charge < -0.3 is 14.6 Å². The summed E-state index contributed by atoms with van der Waals surface area (Å²) in [5, 5.41) is 9.57. The van der Waals surface area contributed by atoms with Crippen LogP contribution in [0.4, 0.5) is 0 Å². The Bertz CT molecular complexity index is 877. The second-order valence-electron chi connectivity index (χ2n) is 8.24. The van der Waals surface area contributed by atoms with E-state index in [0.717, 1.165) is 41.5 Å². The van der Waals surface area contributed by atoms with E-state index >= 15 is 0 Å². The molecule has 0 spiro atoms. The van der Waals surface area contributed by atoms with E-state index in [-0.39, 0.29) is 18.1 Å². The van der Waals surface area contributed by atoms with Crippen LogP contribution in [0.15, 0.2) is 53.0 Å². The largest absolute Gasteiger partial charge is 0.481 e. The number of rotatable bonds is 10. The molecule has 1 heterocycles. The highest BCUT2D eigenvalue weighted by Gasteiger charge is 2.44. The fraction of sp³-hybridized carbons (Fsp3) is 0.458. The highest BCUT2D eigenvalue weighted by molar-refractivity contribution is 9.10. The summed E-state index contributed by atoms with van der Waals surface area (Å²) >= 11 is 5.56. The molecule has 0 unspecified atom stereocenters. The lowest BCUT2D eigenvalue weighted by molar-refractivity contribution is -0.138. The molecule has 2 aromatic carbocycles. The minimum atomic E-state index is -0.685. The number of aliphatic carboxylic acids is 1. The van der Waals surface area contributed by atoms with Gasteiger partial charge in [-0.25, -0.2) is 0 Å². The highest BCUT2D eigenvalue weighted by atomic mass is 79.9. The third-order valence-corrected chi connectivity index (χ3v) is 8.35. The number of thioether (sulfide) groups is 1. The molecule has 6 heteroatoms. The zero-order chi connectivity index (χ0) is 21.0. The zero-order valence-electron chi connectivity index (χ0n) is 16.9. The summed E-state index contributed by atoms with van der Waals surface area (Å²) in [6.45, 7) is 1.26. The second-order valence-corrected chi connectivity index (χ2v) is 10.3. The van der Waals surface area contributed by atoms with Crippen LogP contribution >= 0.6 is 27.7 Å². The zero-order valence-corrected chi connectivity index (χ0v) is 19.3. The quantitative estimate of drug-likeness (QED) is 0.432. The van der Waals surface area contributed by atoms with Crippen molar-refractivity contribution in [3.8, 4) is 0 Å². The Morgan fingerprint density at radius 2 is 1.93 bits per heavy atom. The Morgan fingerprint density at radius 3 is 2.63 bits per heavy atom. The highest BCUT2D eigenvalue weighted by Crippen LogP contribution is 2.53. The van der Waals surface area contributed by atoms with Crippen molar-refractivity contribution in [2.24, 2.45) is 5.41 Å². The van der Waals surface area contributed by atoms with Crippen LogP contribution in [-0.2, 0) is 20.7 Å². The summed E-state index contributed by atoms with van der Waals surface area (Å²) < 4.78 is 12.5. The van der Waals surface area contributed by atoms with Gasteiger partial charge in [0.15, 0.2) is 6.29 Å². The molecule has 160 valence electrons. The first-order valence-electron chi connectivity index (χ1n) is 10.4. The van der Waals surface area contributed by atoms with Gasteiger partial charge in [0, 0.05) is 21.0 Å². The van der Waals surface area contributed by atoms with Gasteiger partial charge in [0.05, 0.1) is 19.6 Å². The number of ether oxygens (including phenoxy) is 2. The van der Waals surface area contributed by atoms with Gasteiger partial charge in [-0.15, -0.1) is 0 Å². The predicted molar refractivity (Wildman–Crippen MR) is 123 cm³/mol. The maximum Gasteiger partial charge on any atom is 0.303 e. The van der Waals surface area contributed by atoms with Crippen molar-refractivity contribution < 1.29 is 19.4 Å². The van der Waals surface area contributed by atoms with E-state index in [1.54, 1.807) is 0 Å². The van der Waals surface area contributed by atoms with Crippen molar-refractivity contribution in [3.63, 3.8) is 0 Å². The molecule has 1 saturated heterocycles. The molecule has 1 saturated carbocycles. The first kappa shape index (κ1) is 21.9. The van der Waals surface area contributed by atoms with E-state index in [4.69, 9.17) is 9.47 Å². The topological polar surface area (TPSA) is 55.8 Å². The number of hydrogen-bond acceptors (Lipinski definition) is 4. The van der Waals surface area contributed by atoms with Crippen molar-refractivity contribution in [3.05, 3.63) is 69.7 Å². The molecule has 0 aromatic heterocycles. The molecule has 2 aliphatic rings. The lowest BCUT2D eigenvalue weighted by Gasteiger charge is -2.22. The number of hydrogen-bond donors (Lipinski definition) is 1. The minimum Gasteiger partial charge on any atom is -0.481 e. The maximum atomic E-state index is 11.3. The number of carboxylic acids is 1. The number of benzene rings is 2. The average molecular weight is 491 g/mol. The van der Waals surface area contributed by atoms with Crippen LogP contribution in [0.5, 0.6) is 0 Å². The van der Waals surface area contributed by atoms with Crippen molar-refractivity contribution >= 4 is 33.7 Å². The molecule has 4 nitrogen and oxygen atoms in total. The molecular formula is C24H27BrO4S. The van der Waals surface area contributed by atoms with Crippen molar-refractivity contribution in [2.75, 3.05) is 19.0 Å². The molecule has 0 amide bonds. The summed E-state index contributed by atoms with van der Waals surface area (Å²) in [4.78, 5) is 11.3. The van der Waals surface area contributed by atoms with E-state index in [1.165, 1.54) is 11.1 Å². The third kappa shape index (κ3) is 5.67. The molecule has 30 heavy (non-hydrogen) atoms. The van der Waals surface area contributed by atoms with Crippen LogP contribution in [0.25, 0.3) is 0 Å². The van der Waals surface area contributed by atoms with Crippen LogP contribution in [0, 0.1) is 5.41 Å². The average Bonchev–Trinajstić information content (AvgIpc) is 3.26. The van der Waals surface area contributed by atoms with Gasteiger partial charge in [-0.2, -0.15) is 11.8 Å². The normalized spacial score (nSPS) is 19.0. The van der Waals surface area contributed by atoms with E-state index in [1.807, 2.05) is 17.8 Å². The van der Waals surface area contributed by atoms with Crippen LogP contribution in [-0.4, -0.2) is 30.0 Å². The molecule has 2 fully saturated rings. The molecular weight excluding hydrogens is 464 g/mol. The number of aryl methyl sites for hydroxylation is 1. The van der Waals surface area contributed by atoms with Crippen LogP contribution < -0.4 is 0 Å². The Kier molecular flexibility index (Phi) is 7.19. The van der Waals surface area contributed by atoms with Crippen LogP contribution in [0.3, 0.4) is 0 Å². The molecule has 0 bridgehead atoms. The maximum absolute atomic E-state index is 11.3. The van der Waals surface area contributed by atoms with E-state index in [9.17, 15) is 9.90 Å². The summed E-state index contributed by atoms with van der Waals surface area (Å²) in [6.07, 6.45) is 4.00. The van der Waals surface area contributed by atoms with Crippen molar-refractivity contribution in [1.82, 2.24) is 0 Å². The molecule has 1 aliphatic heterocycles. The molecule has 2 aromatic rings.